The van der Waals surface area contributed by atoms with E-state index in [2.05, 4.69) is 28.9 Å². The van der Waals surface area contributed by atoms with Gasteiger partial charge in [-0.3, -0.25) is 9.78 Å². The van der Waals surface area contributed by atoms with Crippen LogP contribution in [-0.4, -0.2) is 53.5 Å². The van der Waals surface area contributed by atoms with Crippen molar-refractivity contribution in [2.75, 3.05) is 32.5 Å². The second-order valence-corrected chi connectivity index (χ2v) is 12.3. The molecule has 3 aromatic rings. The van der Waals surface area contributed by atoms with E-state index in [0.29, 0.717) is 24.2 Å². The molecule has 4 rings (SSSR count). The van der Waals surface area contributed by atoms with E-state index >= 15 is 4.39 Å². The number of carbonyl (C=O) groups is 1. The van der Waals surface area contributed by atoms with Crippen molar-refractivity contribution in [1.82, 2.24) is 9.88 Å². The van der Waals surface area contributed by atoms with E-state index in [4.69, 9.17) is 4.74 Å². The van der Waals surface area contributed by atoms with Crippen molar-refractivity contribution in [2.45, 2.75) is 49.4 Å². The molecule has 194 valence electrons. The lowest BCUT2D eigenvalue weighted by atomic mass is 9.79. The summed E-state index contributed by atoms with van der Waals surface area (Å²) in [6.45, 7) is 4.85. The fourth-order valence-electron chi connectivity index (χ4n) is 5.21. The largest absolute Gasteiger partial charge is 0.497 e. The number of nitrogens with zero attached hydrogens (tertiary/aromatic N) is 2. The number of hydrogen-bond acceptors (Lipinski definition) is 6. The molecule has 1 saturated heterocycles. The maximum atomic E-state index is 15.5. The lowest BCUT2D eigenvalue weighted by Crippen LogP contribution is -2.42. The average Bonchev–Trinajstić information content (AvgIpc) is 3.29. The Morgan fingerprint density at radius 3 is 2.92 bits per heavy atom. The maximum Gasteiger partial charge on any atom is 0.303 e. The SMILES string of the molecule is COc1ccc2nccc(C(F)CC[C@@H]3CCN(CCCSc4ccc(C)s4)C[C@@H]3CC(=O)O)c2c1. The van der Waals surface area contributed by atoms with Gasteiger partial charge in [-0.1, -0.05) is 0 Å². The predicted octanol–water partition coefficient (Wildman–Crippen LogP) is 7.00. The topological polar surface area (TPSA) is 62.7 Å². The first-order valence-corrected chi connectivity index (χ1v) is 14.4. The van der Waals surface area contributed by atoms with Gasteiger partial charge in [0.1, 0.15) is 11.9 Å². The molecule has 8 heteroatoms. The number of benzene rings is 1. The Morgan fingerprint density at radius 2 is 2.17 bits per heavy atom. The quantitative estimate of drug-likeness (QED) is 0.201. The van der Waals surface area contributed by atoms with Crippen LogP contribution >= 0.6 is 23.1 Å². The Labute approximate surface area is 221 Å². The molecular formula is C28H35FN2O3S2. The van der Waals surface area contributed by atoms with Crippen LogP contribution in [0.25, 0.3) is 10.9 Å². The van der Waals surface area contributed by atoms with Gasteiger partial charge in [0.05, 0.1) is 16.8 Å². The number of carboxylic acid groups (broad SMARTS) is 1. The molecule has 5 nitrogen and oxygen atoms in total. The molecule has 1 N–H and O–H groups in total. The van der Waals surface area contributed by atoms with Crippen molar-refractivity contribution >= 4 is 40.0 Å². The molecule has 0 bridgehead atoms. The highest BCUT2D eigenvalue weighted by molar-refractivity contribution is 8.01. The van der Waals surface area contributed by atoms with Gasteiger partial charge in [-0.2, -0.15) is 0 Å². The standard InChI is InChI=1S/C28H35FN2O3S2/c1-19-4-9-28(36-19)35-15-3-13-31-14-11-20(21(18-31)16-27(32)33)5-7-25(29)23-10-12-30-26-8-6-22(34-2)17-24(23)26/h4,6,8-10,12,17,20-21,25H,3,5,7,11,13-16,18H2,1-2H3,(H,32,33)/t20-,21+,25?/m1/s1. The van der Waals surface area contributed by atoms with E-state index in [-0.39, 0.29) is 18.3 Å². The molecule has 1 aliphatic rings. The van der Waals surface area contributed by atoms with E-state index in [9.17, 15) is 9.90 Å². The maximum absolute atomic E-state index is 15.5. The van der Waals surface area contributed by atoms with E-state index in [1.165, 1.54) is 9.09 Å². The third-order valence-electron chi connectivity index (χ3n) is 7.10. The minimum absolute atomic E-state index is 0.0605. The lowest BCUT2D eigenvalue weighted by molar-refractivity contribution is -0.139. The second-order valence-electron chi connectivity index (χ2n) is 9.60. The van der Waals surface area contributed by atoms with Crippen molar-refractivity contribution in [1.29, 1.82) is 0 Å². The first-order valence-electron chi connectivity index (χ1n) is 12.6. The number of hydrogen-bond donors (Lipinski definition) is 1. The van der Waals surface area contributed by atoms with Crippen LogP contribution in [0.3, 0.4) is 0 Å². The molecule has 3 heterocycles. The Morgan fingerprint density at radius 1 is 1.31 bits per heavy atom. The summed E-state index contributed by atoms with van der Waals surface area (Å²) in [5.74, 6) is 1.27. The zero-order valence-electron chi connectivity index (χ0n) is 21.0. The van der Waals surface area contributed by atoms with Gasteiger partial charge in [0, 0.05) is 35.2 Å². The number of rotatable bonds is 12. The number of aromatic nitrogens is 1. The molecule has 2 aromatic heterocycles. The number of pyridine rings is 1. The van der Waals surface area contributed by atoms with Gasteiger partial charge in [0.2, 0.25) is 0 Å². The van der Waals surface area contributed by atoms with Gasteiger partial charge < -0.3 is 14.7 Å². The molecule has 1 aromatic carbocycles. The molecule has 36 heavy (non-hydrogen) atoms. The summed E-state index contributed by atoms with van der Waals surface area (Å²) < 4.78 is 22.2. The summed E-state index contributed by atoms with van der Waals surface area (Å²) in [6.07, 6.45) is 3.76. The van der Waals surface area contributed by atoms with Crippen molar-refractivity contribution in [2.24, 2.45) is 11.8 Å². The summed E-state index contributed by atoms with van der Waals surface area (Å²) in [7, 11) is 1.60. The van der Waals surface area contributed by atoms with Crippen LogP contribution in [-0.2, 0) is 4.79 Å². The zero-order valence-corrected chi connectivity index (χ0v) is 22.6. The number of fused-ring (bicyclic) bond motifs is 1. The summed E-state index contributed by atoms with van der Waals surface area (Å²) in [6, 6.07) is 11.6. The summed E-state index contributed by atoms with van der Waals surface area (Å²) in [5.41, 5.74) is 1.38. The number of ether oxygens (including phenoxy) is 1. The number of thiophene rings is 1. The first kappa shape index (κ1) is 26.9. The highest BCUT2D eigenvalue weighted by atomic mass is 32.2. The minimum Gasteiger partial charge on any atom is -0.497 e. The first-order chi connectivity index (χ1) is 17.4. The number of thioether (sulfide) groups is 1. The molecule has 3 atom stereocenters. The van der Waals surface area contributed by atoms with Crippen LogP contribution in [0.2, 0.25) is 0 Å². The third kappa shape index (κ3) is 7.20. The van der Waals surface area contributed by atoms with Crippen LogP contribution in [0, 0.1) is 18.8 Å². The molecule has 0 aliphatic carbocycles. The van der Waals surface area contributed by atoms with Gasteiger partial charge in [-0.15, -0.1) is 23.1 Å². The molecule has 0 amide bonds. The Hall–Kier alpha value is -2.16. The Balaban J connectivity index is 1.31. The lowest BCUT2D eigenvalue weighted by Gasteiger charge is -2.38. The Bertz CT molecular complexity index is 1150. The average molecular weight is 531 g/mol. The highest BCUT2D eigenvalue weighted by Gasteiger charge is 2.31. The Kier molecular flexibility index (Phi) is 9.62. The zero-order chi connectivity index (χ0) is 25.5. The third-order valence-corrected chi connectivity index (χ3v) is 9.41. The second kappa shape index (κ2) is 12.9. The molecule has 0 spiro atoms. The molecule has 1 aliphatic heterocycles. The van der Waals surface area contributed by atoms with Crippen LogP contribution in [0.4, 0.5) is 4.39 Å². The smallest absolute Gasteiger partial charge is 0.303 e. The van der Waals surface area contributed by atoms with Crippen molar-refractivity contribution < 1.29 is 19.0 Å². The summed E-state index contributed by atoms with van der Waals surface area (Å²) in [5, 5.41) is 10.3. The van der Waals surface area contributed by atoms with E-state index < -0.39 is 12.1 Å². The number of likely N-dealkylation sites (tertiary alicyclic amines) is 1. The number of methoxy groups -OCH3 is 1. The van der Waals surface area contributed by atoms with Gasteiger partial charge in [0.15, 0.2) is 0 Å². The van der Waals surface area contributed by atoms with Crippen molar-refractivity contribution in [3.8, 4) is 5.75 Å². The number of carboxylic acids is 1. The van der Waals surface area contributed by atoms with Crippen LogP contribution < -0.4 is 4.74 Å². The van der Waals surface area contributed by atoms with E-state index in [1.807, 2.05) is 41.3 Å². The predicted molar refractivity (Wildman–Crippen MR) is 146 cm³/mol. The number of alkyl halides is 1. The van der Waals surface area contributed by atoms with E-state index in [1.54, 1.807) is 19.4 Å². The molecule has 1 fully saturated rings. The molecule has 1 unspecified atom stereocenters. The number of aryl methyl sites for hydroxylation is 1. The number of piperidine rings is 1. The van der Waals surface area contributed by atoms with Crippen LogP contribution in [0.1, 0.15) is 48.7 Å². The highest BCUT2D eigenvalue weighted by Crippen LogP contribution is 2.36. The van der Waals surface area contributed by atoms with Gasteiger partial charge in [0.25, 0.3) is 0 Å². The summed E-state index contributed by atoms with van der Waals surface area (Å²) in [4.78, 5) is 19.7. The normalized spacial score (nSPS) is 19.4. The van der Waals surface area contributed by atoms with Crippen LogP contribution in [0.5, 0.6) is 5.75 Å². The van der Waals surface area contributed by atoms with Gasteiger partial charge in [-0.05, 0) is 99.5 Å². The number of aliphatic carboxylic acids is 1. The van der Waals surface area contributed by atoms with Gasteiger partial charge in [-0.25, -0.2) is 4.39 Å². The minimum atomic E-state index is -1.12. The van der Waals surface area contributed by atoms with Crippen molar-refractivity contribution in [3.05, 3.63) is 53.0 Å². The molecule has 0 radical (unpaired) electrons. The monoisotopic (exact) mass is 530 g/mol. The molecular weight excluding hydrogens is 495 g/mol. The van der Waals surface area contributed by atoms with E-state index in [0.717, 1.165) is 49.1 Å². The fourth-order valence-corrected chi connectivity index (χ4v) is 7.32. The van der Waals surface area contributed by atoms with Gasteiger partial charge >= 0.3 is 5.97 Å². The fraction of sp³-hybridized carbons (Fsp3) is 0.500. The molecule has 0 saturated carbocycles. The van der Waals surface area contributed by atoms with Crippen molar-refractivity contribution in [3.63, 3.8) is 0 Å². The number of halogens is 1. The van der Waals surface area contributed by atoms with Crippen LogP contribution in [0.15, 0.2) is 46.8 Å². The summed E-state index contributed by atoms with van der Waals surface area (Å²) >= 11 is 3.73.